The summed E-state index contributed by atoms with van der Waals surface area (Å²) in [5, 5.41) is 3.28. The zero-order valence-electron chi connectivity index (χ0n) is 16.5. The van der Waals surface area contributed by atoms with Crippen molar-refractivity contribution >= 4 is 29.9 Å². The summed E-state index contributed by atoms with van der Waals surface area (Å²) in [7, 11) is 0. The van der Waals surface area contributed by atoms with Gasteiger partial charge >= 0.3 is 0 Å². The van der Waals surface area contributed by atoms with Gasteiger partial charge in [-0.25, -0.2) is 4.99 Å². The highest BCUT2D eigenvalue weighted by molar-refractivity contribution is 14.0. The van der Waals surface area contributed by atoms with Crippen LogP contribution in [0, 0.1) is 0 Å². The van der Waals surface area contributed by atoms with Crippen molar-refractivity contribution in [3.63, 3.8) is 0 Å². The van der Waals surface area contributed by atoms with E-state index in [0.717, 1.165) is 30.0 Å². The number of ether oxygens (including phenoxy) is 1. The van der Waals surface area contributed by atoms with E-state index in [1.54, 1.807) is 0 Å². The fourth-order valence-corrected chi connectivity index (χ4v) is 3.50. The number of benzene rings is 2. The van der Waals surface area contributed by atoms with Gasteiger partial charge in [-0.2, -0.15) is 0 Å². The molecule has 1 unspecified atom stereocenters. The summed E-state index contributed by atoms with van der Waals surface area (Å²) in [5.41, 5.74) is 8.31. The van der Waals surface area contributed by atoms with Crippen molar-refractivity contribution in [1.82, 2.24) is 10.2 Å². The zero-order valence-corrected chi connectivity index (χ0v) is 18.8. The Morgan fingerprint density at radius 2 is 1.96 bits per heavy atom. The molecule has 2 aromatic carbocycles. The minimum Gasteiger partial charge on any atom is -0.489 e. The van der Waals surface area contributed by atoms with Crippen molar-refractivity contribution in [1.29, 1.82) is 0 Å². The van der Waals surface area contributed by atoms with Gasteiger partial charge in [-0.05, 0) is 49.2 Å². The number of aliphatic imine (C=N–C) groups is 1. The number of para-hydroxylation sites is 1. The normalized spacial score (nSPS) is 17.2. The summed E-state index contributed by atoms with van der Waals surface area (Å²) in [6, 6.07) is 18.7. The molecule has 28 heavy (non-hydrogen) atoms. The fraction of sp³-hybridized carbons (Fsp3) is 0.409. The third-order valence-electron chi connectivity index (χ3n) is 5.00. The second-order valence-corrected chi connectivity index (χ2v) is 6.93. The maximum absolute atomic E-state index is 6.05. The highest BCUT2D eigenvalue weighted by atomic mass is 127. The van der Waals surface area contributed by atoms with Gasteiger partial charge in [0.15, 0.2) is 5.96 Å². The van der Waals surface area contributed by atoms with Crippen LogP contribution in [0.15, 0.2) is 59.6 Å². The summed E-state index contributed by atoms with van der Waals surface area (Å²) >= 11 is 0. The third-order valence-corrected chi connectivity index (χ3v) is 5.00. The number of rotatable bonds is 8. The van der Waals surface area contributed by atoms with Crippen molar-refractivity contribution in [2.75, 3.05) is 19.6 Å². The quantitative estimate of drug-likeness (QED) is 0.333. The van der Waals surface area contributed by atoms with Crippen LogP contribution in [0.3, 0.4) is 0 Å². The molecule has 1 aliphatic heterocycles. The number of hydrogen-bond acceptors (Lipinski definition) is 3. The molecule has 3 N–H and O–H groups in total. The van der Waals surface area contributed by atoms with E-state index < -0.39 is 0 Å². The maximum Gasteiger partial charge on any atom is 0.188 e. The Bertz CT molecular complexity index is 738. The smallest absolute Gasteiger partial charge is 0.188 e. The molecule has 0 aromatic heterocycles. The molecule has 1 saturated heterocycles. The lowest BCUT2D eigenvalue weighted by Crippen LogP contribution is -2.42. The van der Waals surface area contributed by atoms with Gasteiger partial charge in [0, 0.05) is 12.6 Å². The summed E-state index contributed by atoms with van der Waals surface area (Å²) in [6.45, 7) is 6.49. The van der Waals surface area contributed by atoms with Crippen molar-refractivity contribution in [2.45, 2.75) is 39.0 Å². The van der Waals surface area contributed by atoms with Crippen molar-refractivity contribution < 1.29 is 4.74 Å². The van der Waals surface area contributed by atoms with Crippen LogP contribution in [-0.2, 0) is 13.2 Å². The van der Waals surface area contributed by atoms with Gasteiger partial charge in [0.2, 0.25) is 0 Å². The lowest BCUT2D eigenvalue weighted by atomic mass is 10.1. The Kier molecular flexibility index (Phi) is 9.57. The fourth-order valence-electron chi connectivity index (χ4n) is 3.50. The van der Waals surface area contributed by atoms with Crippen molar-refractivity contribution in [2.24, 2.45) is 10.7 Å². The number of guanidine groups is 1. The number of hydrogen-bond donors (Lipinski definition) is 2. The first-order chi connectivity index (χ1) is 13.2. The van der Waals surface area contributed by atoms with Crippen molar-refractivity contribution in [3.05, 3.63) is 65.7 Å². The Balaban J connectivity index is 0.00000280. The summed E-state index contributed by atoms with van der Waals surface area (Å²) in [6.07, 6.45) is 2.51. The number of nitrogens with two attached hydrogens (primary N) is 1. The predicted molar refractivity (Wildman–Crippen MR) is 126 cm³/mol. The topological polar surface area (TPSA) is 62.9 Å². The molecule has 0 aliphatic carbocycles. The van der Waals surface area contributed by atoms with E-state index >= 15 is 0 Å². The van der Waals surface area contributed by atoms with Gasteiger partial charge in [0.25, 0.3) is 0 Å². The minimum atomic E-state index is 0. The van der Waals surface area contributed by atoms with Gasteiger partial charge < -0.3 is 15.8 Å². The highest BCUT2D eigenvalue weighted by Crippen LogP contribution is 2.15. The van der Waals surface area contributed by atoms with Gasteiger partial charge in [0.1, 0.15) is 12.4 Å². The van der Waals surface area contributed by atoms with E-state index in [4.69, 9.17) is 10.5 Å². The standard InChI is InChI=1S/C22H30N4O.HI/c1-2-26-13-7-10-20(26)16-25-22(23)24-15-18-8-6-9-19(14-18)17-27-21-11-4-3-5-12-21;/h3-6,8-9,11-12,14,20H,2,7,10,13,15-17H2,1H3,(H3,23,24,25);1H. The molecular formula is C22H31IN4O. The molecule has 0 radical (unpaired) electrons. The van der Waals surface area contributed by atoms with Gasteiger partial charge in [-0.3, -0.25) is 4.90 Å². The molecular weight excluding hydrogens is 463 g/mol. The van der Waals surface area contributed by atoms with E-state index in [9.17, 15) is 0 Å². The number of likely N-dealkylation sites (tertiary alicyclic amines) is 1. The van der Waals surface area contributed by atoms with Crippen LogP contribution in [0.4, 0.5) is 0 Å². The van der Waals surface area contributed by atoms with Crippen LogP contribution in [-0.4, -0.2) is 36.5 Å². The van der Waals surface area contributed by atoms with Crippen LogP contribution < -0.4 is 15.8 Å². The number of likely N-dealkylation sites (N-methyl/N-ethyl adjacent to an activating group) is 1. The maximum atomic E-state index is 6.05. The number of halogens is 1. The molecule has 0 saturated carbocycles. The Morgan fingerprint density at radius 1 is 1.18 bits per heavy atom. The molecule has 0 spiro atoms. The molecule has 6 heteroatoms. The molecule has 152 valence electrons. The van der Waals surface area contributed by atoms with Gasteiger partial charge in [0.05, 0.1) is 6.54 Å². The molecule has 5 nitrogen and oxygen atoms in total. The Morgan fingerprint density at radius 3 is 2.75 bits per heavy atom. The van der Waals surface area contributed by atoms with Gasteiger partial charge in [-0.15, -0.1) is 24.0 Å². The van der Waals surface area contributed by atoms with E-state index in [0.29, 0.717) is 25.2 Å². The van der Waals surface area contributed by atoms with E-state index in [1.165, 1.54) is 19.4 Å². The largest absolute Gasteiger partial charge is 0.489 e. The van der Waals surface area contributed by atoms with Crippen LogP contribution >= 0.6 is 24.0 Å². The summed E-state index contributed by atoms with van der Waals surface area (Å²) in [4.78, 5) is 6.99. The van der Waals surface area contributed by atoms with Crippen LogP contribution in [0.1, 0.15) is 30.9 Å². The van der Waals surface area contributed by atoms with E-state index in [1.807, 2.05) is 36.4 Å². The predicted octanol–water partition coefficient (Wildman–Crippen LogP) is 3.77. The summed E-state index contributed by atoms with van der Waals surface area (Å²) < 4.78 is 5.81. The van der Waals surface area contributed by atoms with Crippen LogP contribution in [0.2, 0.25) is 0 Å². The van der Waals surface area contributed by atoms with Crippen molar-refractivity contribution in [3.8, 4) is 5.75 Å². The van der Waals surface area contributed by atoms with Crippen LogP contribution in [0.5, 0.6) is 5.75 Å². The first kappa shape index (κ1) is 22.5. The number of nitrogens with zero attached hydrogens (tertiary/aromatic N) is 2. The summed E-state index contributed by atoms with van der Waals surface area (Å²) in [5.74, 6) is 1.39. The molecule has 0 bridgehead atoms. The van der Waals surface area contributed by atoms with Gasteiger partial charge in [-0.1, -0.05) is 49.4 Å². The van der Waals surface area contributed by atoms with E-state index in [2.05, 4.69) is 40.3 Å². The average Bonchev–Trinajstić information content (AvgIpc) is 3.18. The highest BCUT2D eigenvalue weighted by Gasteiger charge is 2.22. The molecule has 1 aliphatic rings. The lowest BCUT2D eigenvalue weighted by Gasteiger charge is -2.23. The lowest BCUT2D eigenvalue weighted by molar-refractivity contribution is 0.267. The average molecular weight is 494 g/mol. The molecule has 3 rings (SSSR count). The molecule has 1 atom stereocenters. The SMILES string of the molecule is CCN1CCCC1CNC(N)=NCc1cccc(COc2ccccc2)c1.I. The number of nitrogens with one attached hydrogen (secondary N) is 1. The first-order valence-electron chi connectivity index (χ1n) is 9.78. The monoisotopic (exact) mass is 494 g/mol. The Hall–Kier alpha value is -1.80. The second kappa shape index (κ2) is 11.9. The zero-order chi connectivity index (χ0) is 18.9. The molecule has 2 aromatic rings. The van der Waals surface area contributed by atoms with Crippen LogP contribution in [0.25, 0.3) is 0 Å². The molecule has 0 amide bonds. The second-order valence-electron chi connectivity index (χ2n) is 6.93. The Labute approximate surface area is 185 Å². The first-order valence-corrected chi connectivity index (χ1v) is 9.78. The third kappa shape index (κ3) is 6.98. The molecule has 1 fully saturated rings. The molecule has 1 heterocycles. The van der Waals surface area contributed by atoms with E-state index in [-0.39, 0.29) is 24.0 Å². The minimum absolute atomic E-state index is 0.